The van der Waals surface area contributed by atoms with E-state index < -0.39 is 0 Å². The van der Waals surface area contributed by atoms with Crippen molar-refractivity contribution < 1.29 is 13.3 Å². The van der Waals surface area contributed by atoms with Crippen LogP contribution >= 0.6 is 11.6 Å². The first-order valence-electron chi connectivity index (χ1n) is 10.2. The molecule has 4 rings (SSSR count). The highest BCUT2D eigenvalue weighted by Crippen LogP contribution is 2.33. The lowest BCUT2D eigenvalue weighted by Crippen LogP contribution is -2.56. The highest BCUT2D eigenvalue weighted by atomic mass is 35.5. The number of rotatable bonds is 6. The Kier molecular flexibility index (Phi) is 6.90. The van der Waals surface area contributed by atoms with Gasteiger partial charge in [-0.25, -0.2) is 4.39 Å². The van der Waals surface area contributed by atoms with Gasteiger partial charge in [-0.15, -0.1) is 0 Å². The van der Waals surface area contributed by atoms with Crippen LogP contribution in [0.1, 0.15) is 37.3 Å². The van der Waals surface area contributed by atoms with Crippen LogP contribution in [0.2, 0.25) is 5.02 Å². The maximum absolute atomic E-state index is 13.3. The zero-order valence-electron chi connectivity index (χ0n) is 16.3. The third kappa shape index (κ3) is 5.20. The normalized spacial score (nSPS) is 28.3. The summed E-state index contributed by atoms with van der Waals surface area (Å²) < 4.78 is 32.1. The molecule has 1 aliphatic carbocycles. The van der Waals surface area contributed by atoms with Gasteiger partial charge in [-0.2, -0.15) is 5.10 Å². The second-order valence-corrected chi connectivity index (χ2v) is 9.03. The molecule has 2 fully saturated rings. The highest BCUT2D eigenvalue weighted by molar-refractivity contribution is 7.65. The van der Waals surface area contributed by atoms with Crippen molar-refractivity contribution in [2.45, 2.75) is 56.3 Å². The molecule has 2 atom stereocenters. The van der Waals surface area contributed by atoms with Crippen molar-refractivity contribution in [3.8, 4) is 0 Å². The van der Waals surface area contributed by atoms with Gasteiger partial charge in [0.25, 0.3) is 5.75 Å². The second-order valence-electron chi connectivity index (χ2n) is 8.02. The molecule has 0 spiro atoms. The Balaban J connectivity index is 1.43. The Bertz CT molecular complexity index is 811. The van der Waals surface area contributed by atoms with Crippen molar-refractivity contribution in [1.29, 1.82) is 0 Å². The van der Waals surface area contributed by atoms with Crippen LogP contribution in [0.5, 0.6) is 0 Å². The van der Waals surface area contributed by atoms with E-state index in [1.54, 1.807) is 4.68 Å². The van der Waals surface area contributed by atoms with Crippen LogP contribution < -0.4 is 0 Å². The molecule has 2 aromatic rings. The highest BCUT2D eigenvalue weighted by Gasteiger charge is 2.37. The molecule has 2 aliphatic rings. The fourth-order valence-electron chi connectivity index (χ4n) is 4.64. The standard InChI is InChI=1S/C21H26ClFN3O2S/c22-16-3-1-15(2-4-16)9-20-13-28-21(14-29-27)12-25(20)18-5-7-19(8-6-18)26-11-17(23)10-24-26/h1-4,10-11,18-21H,5-9,12-14H2/q+1/t18?,19?,20-,21+/m0/s1. The number of hydrogen-bond donors (Lipinski definition) is 0. The first-order valence-corrected chi connectivity index (χ1v) is 11.5. The van der Waals surface area contributed by atoms with Crippen molar-refractivity contribution in [1.82, 2.24) is 14.7 Å². The van der Waals surface area contributed by atoms with Crippen LogP contribution in [0.15, 0.2) is 36.7 Å². The van der Waals surface area contributed by atoms with Gasteiger partial charge in [-0.05, 0) is 49.8 Å². The third-order valence-corrected chi connectivity index (χ3v) is 6.89. The summed E-state index contributed by atoms with van der Waals surface area (Å²) in [5, 5.41) is 4.89. The van der Waals surface area contributed by atoms with Gasteiger partial charge in [-0.1, -0.05) is 23.7 Å². The Labute approximate surface area is 179 Å². The molecule has 0 amide bonds. The number of benzene rings is 1. The van der Waals surface area contributed by atoms with Crippen molar-refractivity contribution >= 4 is 23.3 Å². The van der Waals surface area contributed by atoms with Gasteiger partial charge >= 0.3 is 11.7 Å². The SMILES string of the molecule is O=[S+]C[C@H]1CN(C2CCC(n3cc(F)cn3)CC2)[C@@H](Cc2ccc(Cl)cc2)CO1. The first kappa shape index (κ1) is 20.8. The van der Waals surface area contributed by atoms with Crippen molar-refractivity contribution in [3.63, 3.8) is 0 Å². The van der Waals surface area contributed by atoms with Crippen LogP contribution in [-0.2, 0) is 27.0 Å². The van der Waals surface area contributed by atoms with Crippen LogP contribution in [0, 0.1) is 5.82 Å². The van der Waals surface area contributed by atoms with Crippen LogP contribution in [-0.4, -0.2) is 51.8 Å². The summed E-state index contributed by atoms with van der Waals surface area (Å²) in [6.45, 7) is 1.43. The largest absolute Gasteiger partial charge is 0.461 e. The summed E-state index contributed by atoms with van der Waals surface area (Å²) in [6, 6.07) is 9.00. The molecular weight excluding hydrogens is 413 g/mol. The second kappa shape index (κ2) is 9.60. The van der Waals surface area contributed by atoms with Gasteiger partial charge < -0.3 is 4.74 Å². The molecule has 5 nitrogen and oxygen atoms in total. The van der Waals surface area contributed by atoms with E-state index in [9.17, 15) is 8.60 Å². The number of halogens is 2. The molecule has 0 radical (unpaired) electrons. The summed E-state index contributed by atoms with van der Waals surface area (Å²) in [4.78, 5) is 2.55. The maximum atomic E-state index is 13.3. The predicted molar refractivity (Wildman–Crippen MR) is 112 cm³/mol. The van der Waals surface area contributed by atoms with Crippen LogP contribution in [0.3, 0.4) is 0 Å². The molecule has 0 bridgehead atoms. The molecule has 0 N–H and O–H groups in total. The topological polar surface area (TPSA) is 47.4 Å². The zero-order chi connectivity index (χ0) is 20.2. The summed E-state index contributed by atoms with van der Waals surface area (Å²) in [7, 11) is 0. The summed E-state index contributed by atoms with van der Waals surface area (Å²) in [5.74, 6) is 0.202. The molecule has 1 aliphatic heterocycles. The number of ether oxygens (including phenoxy) is 1. The summed E-state index contributed by atoms with van der Waals surface area (Å²) >= 11 is 6.63. The smallest absolute Gasteiger partial charge is 0.369 e. The van der Waals surface area contributed by atoms with Crippen molar-refractivity contribution in [2.24, 2.45) is 0 Å². The van der Waals surface area contributed by atoms with Gasteiger partial charge in [0.2, 0.25) is 0 Å². The average Bonchev–Trinajstić information content (AvgIpc) is 3.17. The van der Waals surface area contributed by atoms with E-state index in [0.29, 0.717) is 30.1 Å². The average molecular weight is 439 g/mol. The Hall–Kier alpha value is -1.41. The molecule has 2 heterocycles. The van der Waals surface area contributed by atoms with Crippen molar-refractivity contribution in [3.05, 3.63) is 53.1 Å². The molecule has 1 saturated heterocycles. The summed E-state index contributed by atoms with van der Waals surface area (Å²) in [6.07, 6.45) is 7.71. The number of hydrogen-bond acceptors (Lipinski definition) is 4. The molecule has 29 heavy (non-hydrogen) atoms. The fourth-order valence-corrected chi connectivity index (χ4v) is 5.12. The molecule has 1 aromatic heterocycles. The number of morpholine rings is 1. The third-order valence-electron chi connectivity index (χ3n) is 6.13. The maximum Gasteiger partial charge on any atom is 0.461 e. The van der Waals surface area contributed by atoms with Crippen LogP contribution in [0.4, 0.5) is 4.39 Å². The predicted octanol–water partition coefficient (Wildman–Crippen LogP) is 3.90. The van der Waals surface area contributed by atoms with E-state index in [0.717, 1.165) is 43.7 Å². The minimum atomic E-state index is -0.277. The van der Waals surface area contributed by atoms with Gasteiger partial charge in [-0.3, -0.25) is 9.58 Å². The monoisotopic (exact) mass is 438 g/mol. The van der Waals surface area contributed by atoms with Gasteiger partial charge in [0, 0.05) is 27.9 Å². The quantitative estimate of drug-likeness (QED) is 0.642. The number of nitrogens with zero attached hydrogens (tertiary/aromatic N) is 3. The van der Waals surface area contributed by atoms with E-state index in [2.05, 4.69) is 22.1 Å². The Morgan fingerprint density at radius 2 is 1.90 bits per heavy atom. The Morgan fingerprint density at radius 3 is 2.55 bits per heavy atom. The van der Waals surface area contributed by atoms with E-state index >= 15 is 0 Å². The summed E-state index contributed by atoms with van der Waals surface area (Å²) in [5.41, 5.74) is 1.24. The molecule has 1 aromatic carbocycles. The van der Waals surface area contributed by atoms with E-state index in [-0.39, 0.29) is 24.0 Å². The van der Waals surface area contributed by atoms with E-state index in [1.807, 2.05) is 12.1 Å². The van der Waals surface area contributed by atoms with Gasteiger partial charge in [0.15, 0.2) is 5.82 Å². The number of aromatic nitrogens is 2. The lowest BCUT2D eigenvalue weighted by atomic mass is 9.88. The van der Waals surface area contributed by atoms with Gasteiger partial charge in [0.05, 0.1) is 25.0 Å². The Morgan fingerprint density at radius 1 is 1.17 bits per heavy atom. The molecule has 1 saturated carbocycles. The molecule has 156 valence electrons. The minimum absolute atomic E-state index is 0.0168. The van der Waals surface area contributed by atoms with Gasteiger partial charge in [0.1, 0.15) is 6.10 Å². The zero-order valence-corrected chi connectivity index (χ0v) is 17.8. The lowest BCUT2D eigenvalue weighted by Gasteiger charge is -2.45. The minimum Gasteiger partial charge on any atom is -0.369 e. The van der Waals surface area contributed by atoms with Crippen molar-refractivity contribution in [2.75, 3.05) is 18.9 Å². The van der Waals surface area contributed by atoms with E-state index in [1.165, 1.54) is 18.0 Å². The van der Waals surface area contributed by atoms with E-state index in [4.69, 9.17) is 16.3 Å². The molecular formula is C21H26ClFN3O2S+. The van der Waals surface area contributed by atoms with Crippen LogP contribution in [0.25, 0.3) is 0 Å². The molecule has 0 unspecified atom stereocenters. The molecule has 8 heteroatoms. The fraction of sp³-hybridized carbons (Fsp3) is 0.571. The lowest BCUT2D eigenvalue weighted by molar-refractivity contribution is -0.0762. The first-order chi connectivity index (χ1) is 14.1.